The molecule has 4 aromatic rings. The number of nitrogens with zero attached hydrogens (tertiary/aromatic N) is 2. The fourth-order valence-electron chi connectivity index (χ4n) is 5.63. The number of phenolic OH excluding ortho intramolecular Hbond substituents is 1. The minimum Gasteiger partial charge on any atom is -0.507 e. The van der Waals surface area contributed by atoms with Gasteiger partial charge in [-0.2, -0.15) is 0 Å². The maximum Gasteiger partial charge on any atom is 0.336 e. The predicted octanol–water partition coefficient (Wildman–Crippen LogP) is 3.95. The van der Waals surface area contributed by atoms with Crippen molar-refractivity contribution in [1.29, 1.82) is 0 Å². The molecule has 6 rings (SSSR count). The summed E-state index contributed by atoms with van der Waals surface area (Å²) in [5.41, 5.74) is 3.52. The Labute approximate surface area is 190 Å². The second-order valence-corrected chi connectivity index (χ2v) is 9.18. The summed E-state index contributed by atoms with van der Waals surface area (Å²) in [5, 5.41) is 11.6. The van der Waals surface area contributed by atoms with Crippen molar-refractivity contribution in [3.05, 3.63) is 98.8 Å². The lowest BCUT2D eigenvalue weighted by Crippen LogP contribution is -2.46. The number of pyridine rings is 1. The van der Waals surface area contributed by atoms with Crippen LogP contribution in [0.1, 0.15) is 23.6 Å². The molecule has 0 unspecified atom stereocenters. The number of rotatable bonds is 3. The summed E-state index contributed by atoms with van der Waals surface area (Å²) in [4.78, 5) is 27.1. The van der Waals surface area contributed by atoms with Gasteiger partial charge in [0.2, 0.25) is 0 Å². The van der Waals surface area contributed by atoms with E-state index < -0.39 is 5.63 Å². The lowest BCUT2D eigenvalue weighted by atomic mass is 9.83. The average molecular weight is 440 g/mol. The first-order valence-corrected chi connectivity index (χ1v) is 11.3. The molecule has 2 aromatic carbocycles. The van der Waals surface area contributed by atoms with Gasteiger partial charge in [0, 0.05) is 55.3 Å². The van der Waals surface area contributed by atoms with Gasteiger partial charge in [-0.3, -0.25) is 9.69 Å². The minimum atomic E-state index is -0.433. The fourth-order valence-corrected chi connectivity index (χ4v) is 5.63. The summed E-state index contributed by atoms with van der Waals surface area (Å²) in [7, 11) is 0. The average Bonchev–Trinajstić information content (AvgIpc) is 2.82. The summed E-state index contributed by atoms with van der Waals surface area (Å²) < 4.78 is 7.57. The number of phenols is 1. The molecule has 1 saturated heterocycles. The van der Waals surface area contributed by atoms with E-state index in [4.69, 9.17) is 4.42 Å². The number of aromatic hydroxyl groups is 1. The number of aromatic nitrogens is 1. The largest absolute Gasteiger partial charge is 0.507 e. The Morgan fingerprint density at radius 3 is 2.64 bits per heavy atom. The van der Waals surface area contributed by atoms with Crippen molar-refractivity contribution in [2.45, 2.75) is 25.4 Å². The maximum atomic E-state index is 12.5. The summed E-state index contributed by atoms with van der Waals surface area (Å²) >= 11 is 0. The van der Waals surface area contributed by atoms with Gasteiger partial charge in [0.1, 0.15) is 11.3 Å². The molecule has 6 heteroatoms. The van der Waals surface area contributed by atoms with E-state index in [1.54, 1.807) is 12.1 Å². The third kappa shape index (κ3) is 3.47. The molecule has 1 fully saturated rings. The molecule has 6 nitrogen and oxygen atoms in total. The van der Waals surface area contributed by atoms with Gasteiger partial charge in [0.15, 0.2) is 0 Å². The Hall–Kier alpha value is -3.64. The fraction of sp³-hybridized carbons (Fsp3) is 0.259. The van der Waals surface area contributed by atoms with Crippen molar-refractivity contribution >= 4 is 11.0 Å². The highest BCUT2D eigenvalue weighted by molar-refractivity contribution is 5.95. The smallest absolute Gasteiger partial charge is 0.336 e. The van der Waals surface area contributed by atoms with Crippen molar-refractivity contribution in [3.63, 3.8) is 0 Å². The van der Waals surface area contributed by atoms with E-state index in [-0.39, 0.29) is 17.2 Å². The third-order valence-corrected chi connectivity index (χ3v) is 7.01. The molecular formula is C27H24N2O4. The van der Waals surface area contributed by atoms with E-state index in [0.29, 0.717) is 23.6 Å². The molecule has 2 aliphatic heterocycles. The van der Waals surface area contributed by atoms with Crippen LogP contribution in [0.15, 0.2) is 80.7 Å². The van der Waals surface area contributed by atoms with E-state index >= 15 is 0 Å². The molecule has 2 aliphatic rings. The SMILES string of the molecule is O=c1cc(-c2ccccc2)c2ccc(O)c(CN3C[C@H]4C[C@@H](C3)c3cccc(=O)n3C4)c2o1. The zero-order valence-corrected chi connectivity index (χ0v) is 18.1. The molecule has 166 valence electrons. The Bertz CT molecular complexity index is 1470. The minimum absolute atomic E-state index is 0.0672. The topological polar surface area (TPSA) is 75.7 Å². The van der Waals surface area contributed by atoms with E-state index in [9.17, 15) is 14.7 Å². The lowest BCUT2D eigenvalue weighted by molar-refractivity contribution is 0.113. The summed E-state index contributed by atoms with van der Waals surface area (Å²) in [6.45, 7) is 2.82. The second kappa shape index (κ2) is 7.74. The van der Waals surface area contributed by atoms with Crippen LogP contribution in [0.5, 0.6) is 5.75 Å². The Balaban J connectivity index is 1.39. The Kier molecular flexibility index (Phi) is 4.69. The second-order valence-electron chi connectivity index (χ2n) is 9.18. The zero-order valence-electron chi connectivity index (χ0n) is 18.1. The van der Waals surface area contributed by atoms with Crippen LogP contribution in [0.4, 0.5) is 0 Å². The van der Waals surface area contributed by atoms with E-state index in [1.165, 1.54) is 6.07 Å². The van der Waals surface area contributed by atoms with Crippen LogP contribution < -0.4 is 11.2 Å². The normalized spacial score (nSPS) is 20.0. The van der Waals surface area contributed by atoms with Crippen LogP contribution in [0.25, 0.3) is 22.1 Å². The molecular weight excluding hydrogens is 416 g/mol. The van der Waals surface area contributed by atoms with E-state index in [0.717, 1.165) is 48.3 Å². The van der Waals surface area contributed by atoms with Gasteiger partial charge in [0.05, 0.1) is 5.56 Å². The summed E-state index contributed by atoms with van der Waals surface area (Å²) in [6.07, 6.45) is 1.06. The Morgan fingerprint density at radius 1 is 0.939 bits per heavy atom. The maximum absolute atomic E-state index is 12.5. The molecule has 0 saturated carbocycles. The Morgan fingerprint density at radius 2 is 1.79 bits per heavy atom. The number of benzene rings is 2. The predicted molar refractivity (Wildman–Crippen MR) is 126 cm³/mol. The van der Waals surface area contributed by atoms with Gasteiger partial charge in [0.25, 0.3) is 5.56 Å². The summed E-state index contributed by atoms with van der Waals surface area (Å²) in [6, 6.07) is 20.3. The van der Waals surface area contributed by atoms with E-state index in [2.05, 4.69) is 4.90 Å². The van der Waals surface area contributed by atoms with Crippen molar-refractivity contribution in [2.24, 2.45) is 5.92 Å². The number of piperidine rings is 1. The van der Waals surface area contributed by atoms with Crippen LogP contribution in [-0.4, -0.2) is 27.7 Å². The first-order valence-electron chi connectivity index (χ1n) is 11.3. The molecule has 0 spiro atoms. The number of likely N-dealkylation sites (tertiary alicyclic amines) is 1. The van der Waals surface area contributed by atoms with Crippen molar-refractivity contribution in [2.75, 3.05) is 13.1 Å². The van der Waals surface area contributed by atoms with Gasteiger partial charge in [-0.25, -0.2) is 4.79 Å². The highest BCUT2D eigenvalue weighted by Gasteiger charge is 2.35. The van der Waals surface area contributed by atoms with Crippen LogP contribution in [0.2, 0.25) is 0 Å². The van der Waals surface area contributed by atoms with Crippen LogP contribution in [-0.2, 0) is 13.1 Å². The van der Waals surface area contributed by atoms with Gasteiger partial charge < -0.3 is 14.1 Å². The first kappa shape index (κ1) is 20.0. The molecule has 2 aromatic heterocycles. The number of hydrogen-bond donors (Lipinski definition) is 1. The first-order chi connectivity index (χ1) is 16.1. The van der Waals surface area contributed by atoms with Gasteiger partial charge in [-0.15, -0.1) is 0 Å². The van der Waals surface area contributed by atoms with Crippen LogP contribution >= 0.6 is 0 Å². The standard InChI is InChI=1S/C27H24N2O4/c30-24-10-9-20-21(18-5-2-1-3-6-18)12-26(32)33-27(20)22(24)16-28-13-17-11-19(15-28)23-7-4-8-25(31)29(23)14-17/h1-10,12,17,19,30H,11,13-16H2/t17-,19+/m1/s1. The summed E-state index contributed by atoms with van der Waals surface area (Å²) in [5.74, 6) is 0.777. The van der Waals surface area contributed by atoms with E-state index in [1.807, 2.05) is 53.1 Å². The quantitative estimate of drug-likeness (QED) is 0.489. The molecule has 4 heterocycles. The highest BCUT2D eigenvalue weighted by atomic mass is 16.4. The number of hydrogen-bond acceptors (Lipinski definition) is 5. The monoisotopic (exact) mass is 440 g/mol. The molecule has 1 N–H and O–H groups in total. The van der Waals surface area contributed by atoms with Crippen molar-refractivity contribution in [1.82, 2.24) is 9.47 Å². The molecule has 0 amide bonds. The van der Waals surface area contributed by atoms with Crippen molar-refractivity contribution < 1.29 is 9.52 Å². The highest BCUT2D eigenvalue weighted by Crippen LogP contribution is 2.38. The molecule has 2 atom stereocenters. The van der Waals surface area contributed by atoms with Crippen LogP contribution in [0.3, 0.4) is 0 Å². The van der Waals surface area contributed by atoms with Gasteiger partial charge in [-0.1, -0.05) is 36.4 Å². The third-order valence-electron chi connectivity index (χ3n) is 7.01. The van der Waals surface area contributed by atoms with Crippen molar-refractivity contribution in [3.8, 4) is 16.9 Å². The molecule has 0 radical (unpaired) electrons. The molecule has 0 aliphatic carbocycles. The molecule has 33 heavy (non-hydrogen) atoms. The number of fused-ring (bicyclic) bond motifs is 5. The zero-order chi connectivity index (χ0) is 22.5. The van der Waals surface area contributed by atoms with Gasteiger partial charge in [-0.05, 0) is 41.7 Å². The van der Waals surface area contributed by atoms with Gasteiger partial charge >= 0.3 is 5.63 Å². The molecule has 2 bridgehead atoms. The van der Waals surface area contributed by atoms with Crippen LogP contribution in [0, 0.1) is 5.92 Å². The lowest BCUT2D eigenvalue weighted by Gasteiger charge is -2.42.